The van der Waals surface area contributed by atoms with Gasteiger partial charge < -0.3 is 0 Å². The van der Waals surface area contributed by atoms with Gasteiger partial charge in [-0.25, -0.2) is 0 Å². The van der Waals surface area contributed by atoms with Gasteiger partial charge in [-0.2, -0.15) is 0 Å². The van der Waals surface area contributed by atoms with Crippen molar-refractivity contribution >= 4 is 11.6 Å². The highest BCUT2D eigenvalue weighted by atomic mass is 35.5. The third kappa shape index (κ3) is 2.84. The van der Waals surface area contributed by atoms with Crippen LogP contribution >= 0.6 is 11.6 Å². The van der Waals surface area contributed by atoms with E-state index in [2.05, 4.69) is 24.3 Å². The Kier molecular flexibility index (Phi) is 3.41. The molecule has 1 atom stereocenters. The highest BCUT2D eigenvalue weighted by molar-refractivity contribution is 6.20. The van der Waals surface area contributed by atoms with Crippen LogP contribution in [-0.4, -0.2) is 0 Å². The number of rotatable bonds is 3. The Morgan fingerprint density at radius 3 is 1.93 bits per heavy atom. The normalized spacial score (nSPS) is 12.3. The van der Waals surface area contributed by atoms with Gasteiger partial charge in [0.15, 0.2) is 0 Å². The van der Waals surface area contributed by atoms with Crippen LogP contribution < -0.4 is 0 Å². The summed E-state index contributed by atoms with van der Waals surface area (Å²) in [6, 6.07) is 20.5. The zero-order valence-corrected chi connectivity index (χ0v) is 9.19. The molecule has 0 aliphatic heterocycles. The topological polar surface area (TPSA) is 0 Å². The summed E-state index contributed by atoms with van der Waals surface area (Å²) in [4.78, 5) is 0. The van der Waals surface area contributed by atoms with E-state index < -0.39 is 0 Å². The molecule has 0 radical (unpaired) electrons. The van der Waals surface area contributed by atoms with Gasteiger partial charge in [0.25, 0.3) is 0 Å². The number of benzene rings is 2. The Hall–Kier alpha value is -1.27. The van der Waals surface area contributed by atoms with Crippen LogP contribution in [-0.2, 0) is 6.42 Å². The molecule has 2 aromatic carbocycles. The number of alkyl halides is 1. The van der Waals surface area contributed by atoms with Crippen molar-refractivity contribution in [3.05, 3.63) is 71.8 Å². The maximum atomic E-state index is 6.34. The predicted octanol–water partition coefficient (Wildman–Crippen LogP) is 4.21. The average molecular weight is 217 g/mol. The van der Waals surface area contributed by atoms with Gasteiger partial charge in [-0.1, -0.05) is 60.7 Å². The van der Waals surface area contributed by atoms with E-state index >= 15 is 0 Å². The second-order valence-electron chi connectivity index (χ2n) is 3.57. The first kappa shape index (κ1) is 10.3. The monoisotopic (exact) mass is 216 g/mol. The number of hydrogen-bond acceptors (Lipinski definition) is 0. The SMILES string of the molecule is Cl[C@H](Cc1ccccc1)c1ccccc1. The van der Waals surface area contributed by atoms with E-state index in [9.17, 15) is 0 Å². The molecule has 0 amide bonds. The smallest absolute Gasteiger partial charge is 0.0625 e. The Balaban J connectivity index is 2.08. The summed E-state index contributed by atoms with van der Waals surface area (Å²) in [5, 5.41) is 0.0635. The second kappa shape index (κ2) is 4.99. The lowest BCUT2D eigenvalue weighted by Crippen LogP contribution is -1.94. The molecular weight excluding hydrogens is 204 g/mol. The third-order valence-corrected chi connectivity index (χ3v) is 2.83. The van der Waals surface area contributed by atoms with Gasteiger partial charge in [0.1, 0.15) is 0 Å². The van der Waals surface area contributed by atoms with E-state index in [-0.39, 0.29) is 5.38 Å². The Labute approximate surface area is 95.5 Å². The van der Waals surface area contributed by atoms with Gasteiger partial charge in [-0.05, 0) is 17.5 Å². The van der Waals surface area contributed by atoms with Crippen LogP contribution in [0.5, 0.6) is 0 Å². The maximum Gasteiger partial charge on any atom is 0.0625 e. The summed E-state index contributed by atoms with van der Waals surface area (Å²) in [6.45, 7) is 0. The molecule has 0 aliphatic rings. The molecular formula is C14H13Cl. The molecule has 2 rings (SSSR count). The summed E-state index contributed by atoms with van der Waals surface area (Å²) in [5.74, 6) is 0. The molecule has 0 aromatic heterocycles. The molecule has 2 aromatic rings. The standard InChI is InChI=1S/C14H13Cl/c15-14(13-9-5-2-6-10-13)11-12-7-3-1-4-8-12/h1-10,14H,11H2/t14-/m1/s1. The highest BCUT2D eigenvalue weighted by Gasteiger charge is 2.07. The summed E-state index contributed by atoms with van der Waals surface area (Å²) in [5.41, 5.74) is 2.46. The van der Waals surface area contributed by atoms with Gasteiger partial charge in [0.05, 0.1) is 5.38 Å². The lowest BCUT2D eigenvalue weighted by atomic mass is 10.0. The van der Waals surface area contributed by atoms with Gasteiger partial charge in [-0.15, -0.1) is 11.6 Å². The van der Waals surface area contributed by atoms with E-state index in [1.807, 2.05) is 36.4 Å². The lowest BCUT2D eigenvalue weighted by molar-refractivity contribution is 0.920. The van der Waals surface area contributed by atoms with Crippen LogP contribution in [0.2, 0.25) is 0 Å². The zero-order valence-electron chi connectivity index (χ0n) is 8.44. The molecule has 0 N–H and O–H groups in total. The van der Waals surface area contributed by atoms with Crippen LogP contribution in [0, 0.1) is 0 Å². The lowest BCUT2D eigenvalue weighted by Gasteiger charge is -2.09. The number of hydrogen-bond donors (Lipinski definition) is 0. The fourth-order valence-corrected chi connectivity index (χ4v) is 1.92. The molecule has 76 valence electrons. The van der Waals surface area contributed by atoms with E-state index in [4.69, 9.17) is 11.6 Å². The van der Waals surface area contributed by atoms with Crippen molar-refractivity contribution in [3.63, 3.8) is 0 Å². The van der Waals surface area contributed by atoms with Crippen LogP contribution in [0.1, 0.15) is 16.5 Å². The van der Waals surface area contributed by atoms with E-state index in [0.717, 1.165) is 6.42 Å². The minimum absolute atomic E-state index is 0.0635. The molecule has 0 fully saturated rings. The van der Waals surface area contributed by atoms with Crippen LogP contribution in [0.4, 0.5) is 0 Å². The van der Waals surface area contributed by atoms with Crippen molar-refractivity contribution in [1.82, 2.24) is 0 Å². The summed E-state index contributed by atoms with van der Waals surface area (Å²) in [6.07, 6.45) is 0.881. The van der Waals surface area contributed by atoms with Gasteiger partial charge in [0, 0.05) is 0 Å². The summed E-state index contributed by atoms with van der Waals surface area (Å²) >= 11 is 6.34. The van der Waals surface area contributed by atoms with Gasteiger partial charge in [0.2, 0.25) is 0 Å². The molecule has 0 bridgehead atoms. The van der Waals surface area contributed by atoms with E-state index in [0.29, 0.717) is 0 Å². The van der Waals surface area contributed by atoms with Crippen molar-refractivity contribution in [2.24, 2.45) is 0 Å². The fraction of sp³-hybridized carbons (Fsp3) is 0.143. The molecule has 0 spiro atoms. The van der Waals surface area contributed by atoms with Crippen molar-refractivity contribution in [1.29, 1.82) is 0 Å². The average Bonchev–Trinajstić information content (AvgIpc) is 2.31. The fourth-order valence-electron chi connectivity index (χ4n) is 1.60. The maximum absolute atomic E-state index is 6.34. The Morgan fingerprint density at radius 2 is 1.33 bits per heavy atom. The van der Waals surface area contributed by atoms with Gasteiger partial charge in [-0.3, -0.25) is 0 Å². The molecule has 0 saturated carbocycles. The molecule has 0 heterocycles. The first-order valence-electron chi connectivity index (χ1n) is 5.09. The third-order valence-electron chi connectivity index (χ3n) is 2.42. The molecule has 0 aliphatic carbocycles. The van der Waals surface area contributed by atoms with E-state index in [1.165, 1.54) is 11.1 Å². The molecule has 0 saturated heterocycles. The van der Waals surface area contributed by atoms with Crippen molar-refractivity contribution in [2.75, 3.05) is 0 Å². The Bertz CT molecular complexity index is 394. The van der Waals surface area contributed by atoms with Crippen LogP contribution in [0.25, 0.3) is 0 Å². The molecule has 0 nitrogen and oxygen atoms in total. The summed E-state index contributed by atoms with van der Waals surface area (Å²) < 4.78 is 0. The highest BCUT2D eigenvalue weighted by Crippen LogP contribution is 2.24. The van der Waals surface area contributed by atoms with Gasteiger partial charge >= 0.3 is 0 Å². The first-order chi connectivity index (χ1) is 7.36. The largest absolute Gasteiger partial charge is 0.117 e. The second-order valence-corrected chi connectivity index (χ2v) is 4.09. The Morgan fingerprint density at radius 1 is 0.800 bits per heavy atom. The minimum atomic E-state index is 0.0635. The van der Waals surface area contributed by atoms with E-state index in [1.54, 1.807) is 0 Å². The van der Waals surface area contributed by atoms with Crippen molar-refractivity contribution in [3.8, 4) is 0 Å². The quantitative estimate of drug-likeness (QED) is 0.675. The summed E-state index contributed by atoms with van der Waals surface area (Å²) in [7, 11) is 0. The molecule has 15 heavy (non-hydrogen) atoms. The van der Waals surface area contributed by atoms with Crippen LogP contribution in [0.15, 0.2) is 60.7 Å². The molecule has 0 unspecified atom stereocenters. The minimum Gasteiger partial charge on any atom is -0.117 e. The predicted molar refractivity (Wildman–Crippen MR) is 65.2 cm³/mol. The molecule has 1 heteroatoms. The van der Waals surface area contributed by atoms with Crippen molar-refractivity contribution in [2.45, 2.75) is 11.8 Å². The first-order valence-corrected chi connectivity index (χ1v) is 5.53. The van der Waals surface area contributed by atoms with Crippen molar-refractivity contribution < 1.29 is 0 Å². The number of halogens is 1. The zero-order chi connectivity index (χ0) is 10.5. The van der Waals surface area contributed by atoms with Crippen LogP contribution in [0.3, 0.4) is 0 Å².